The second-order valence-electron chi connectivity index (χ2n) is 7.88. The number of ether oxygens (including phenoxy) is 1. The van der Waals surface area contributed by atoms with Gasteiger partial charge in [-0.2, -0.15) is 0 Å². The summed E-state index contributed by atoms with van der Waals surface area (Å²) in [4.78, 5) is 31.7. The van der Waals surface area contributed by atoms with E-state index < -0.39 is 11.4 Å². The number of hydrogen-bond acceptors (Lipinski definition) is 5. The van der Waals surface area contributed by atoms with Gasteiger partial charge in [0.25, 0.3) is 5.56 Å². The van der Waals surface area contributed by atoms with Crippen molar-refractivity contribution in [1.82, 2.24) is 9.55 Å². The quantitative estimate of drug-likeness (QED) is 0.836. The molecular formula is C19H26N2O4S. The first kappa shape index (κ1) is 19.0. The number of rotatable bonds is 6. The molecule has 0 bridgehead atoms. The SMILES string of the molecule is COCCc1nc2sc3c(c2c(=O)n1CC(C)(C)C(=O)O)CCC(C)C3. The van der Waals surface area contributed by atoms with Crippen LogP contribution in [0.4, 0.5) is 0 Å². The molecule has 1 aliphatic rings. The van der Waals surface area contributed by atoms with Crippen molar-refractivity contribution in [2.45, 2.75) is 53.0 Å². The summed E-state index contributed by atoms with van der Waals surface area (Å²) in [5.41, 5.74) is -0.0331. The van der Waals surface area contributed by atoms with Gasteiger partial charge in [-0.05, 0) is 44.6 Å². The summed E-state index contributed by atoms with van der Waals surface area (Å²) in [5.74, 6) is 0.297. The summed E-state index contributed by atoms with van der Waals surface area (Å²) in [6, 6.07) is 0. The number of aryl methyl sites for hydroxylation is 1. The molecule has 6 nitrogen and oxygen atoms in total. The van der Waals surface area contributed by atoms with Crippen molar-refractivity contribution >= 4 is 27.5 Å². The highest BCUT2D eigenvalue weighted by Crippen LogP contribution is 2.36. The van der Waals surface area contributed by atoms with E-state index in [0.717, 1.165) is 29.7 Å². The molecule has 0 radical (unpaired) electrons. The molecule has 3 rings (SSSR count). The Balaban J connectivity index is 2.18. The third-order valence-electron chi connectivity index (χ3n) is 5.16. The van der Waals surface area contributed by atoms with Gasteiger partial charge in [-0.3, -0.25) is 14.2 Å². The number of hydrogen-bond donors (Lipinski definition) is 1. The molecule has 2 heterocycles. The minimum atomic E-state index is -1.05. The number of aliphatic carboxylic acids is 1. The Morgan fingerprint density at radius 2 is 2.19 bits per heavy atom. The highest BCUT2D eigenvalue weighted by Gasteiger charge is 2.31. The van der Waals surface area contributed by atoms with Crippen LogP contribution in [0.2, 0.25) is 0 Å². The first-order chi connectivity index (χ1) is 12.2. The average molecular weight is 378 g/mol. The normalized spacial score (nSPS) is 17.5. The third kappa shape index (κ3) is 3.42. The Bertz CT molecular complexity index is 897. The van der Waals surface area contributed by atoms with Crippen LogP contribution in [0.1, 0.15) is 43.5 Å². The fourth-order valence-corrected chi connectivity index (χ4v) is 4.87. The number of methoxy groups -OCH3 is 1. The number of carboxylic acids is 1. The zero-order chi connectivity index (χ0) is 19.1. The van der Waals surface area contributed by atoms with Crippen LogP contribution >= 0.6 is 11.3 Å². The van der Waals surface area contributed by atoms with E-state index in [0.29, 0.717) is 30.2 Å². The maximum Gasteiger partial charge on any atom is 0.310 e. The van der Waals surface area contributed by atoms with Crippen molar-refractivity contribution in [2.75, 3.05) is 13.7 Å². The van der Waals surface area contributed by atoms with Crippen molar-refractivity contribution in [1.29, 1.82) is 0 Å². The summed E-state index contributed by atoms with van der Waals surface area (Å²) in [5, 5.41) is 10.2. The molecule has 1 unspecified atom stereocenters. The maximum atomic E-state index is 13.3. The zero-order valence-electron chi connectivity index (χ0n) is 15.8. The lowest BCUT2D eigenvalue weighted by Gasteiger charge is -2.23. The Morgan fingerprint density at radius 3 is 2.85 bits per heavy atom. The molecule has 142 valence electrons. The van der Waals surface area contributed by atoms with Crippen LogP contribution in [0.25, 0.3) is 10.2 Å². The van der Waals surface area contributed by atoms with Crippen molar-refractivity contribution in [2.24, 2.45) is 11.3 Å². The van der Waals surface area contributed by atoms with E-state index in [4.69, 9.17) is 9.72 Å². The number of nitrogens with zero attached hydrogens (tertiary/aromatic N) is 2. The predicted octanol–water partition coefficient (Wildman–Crippen LogP) is 2.88. The van der Waals surface area contributed by atoms with Gasteiger partial charge >= 0.3 is 5.97 Å². The Hall–Kier alpha value is -1.73. The standard InChI is InChI=1S/C19H26N2O4S/c1-11-5-6-12-13(9-11)26-16-15(12)17(22)21(10-19(2,3)18(23)24)14(20-16)7-8-25-4/h11H,5-10H2,1-4H3,(H,23,24). The van der Waals surface area contributed by atoms with E-state index in [1.165, 1.54) is 4.88 Å². The molecular weight excluding hydrogens is 352 g/mol. The lowest BCUT2D eigenvalue weighted by atomic mass is 9.89. The summed E-state index contributed by atoms with van der Waals surface area (Å²) in [6.45, 7) is 6.05. The number of fused-ring (bicyclic) bond motifs is 3. The molecule has 2 aromatic rings. The van der Waals surface area contributed by atoms with E-state index in [1.807, 2.05) is 0 Å². The Kier molecular flexibility index (Phi) is 5.21. The monoisotopic (exact) mass is 378 g/mol. The van der Waals surface area contributed by atoms with Gasteiger partial charge < -0.3 is 9.84 Å². The van der Waals surface area contributed by atoms with Crippen LogP contribution in [0.5, 0.6) is 0 Å². The summed E-state index contributed by atoms with van der Waals surface area (Å²) in [7, 11) is 1.60. The van der Waals surface area contributed by atoms with Gasteiger partial charge in [-0.1, -0.05) is 6.92 Å². The topological polar surface area (TPSA) is 81.4 Å². The van der Waals surface area contributed by atoms with Crippen LogP contribution < -0.4 is 5.56 Å². The van der Waals surface area contributed by atoms with E-state index in [9.17, 15) is 14.7 Å². The largest absolute Gasteiger partial charge is 0.481 e. The minimum absolute atomic E-state index is 0.101. The van der Waals surface area contributed by atoms with Gasteiger partial charge in [0.15, 0.2) is 0 Å². The van der Waals surface area contributed by atoms with Crippen molar-refractivity contribution < 1.29 is 14.6 Å². The first-order valence-corrected chi connectivity index (χ1v) is 9.82. The lowest BCUT2D eigenvalue weighted by Crippen LogP contribution is -2.36. The number of carbonyl (C=O) groups is 1. The van der Waals surface area contributed by atoms with Crippen molar-refractivity contribution in [3.8, 4) is 0 Å². The number of thiophene rings is 1. The summed E-state index contributed by atoms with van der Waals surface area (Å²) in [6.07, 6.45) is 3.44. The molecule has 1 atom stereocenters. The summed E-state index contributed by atoms with van der Waals surface area (Å²) >= 11 is 1.62. The van der Waals surface area contributed by atoms with Gasteiger partial charge in [-0.25, -0.2) is 4.98 Å². The zero-order valence-corrected chi connectivity index (χ0v) is 16.6. The van der Waals surface area contributed by atoms with Crippen LogP contribution in [0, 0.1) is 11.3 Å². The molecule has 0 spiro atoms. The Labute approximate surface area is 156 Å². The predicted molar refractivity (Wildman–Crippen MR) is 102 cm³/mol. The second-order valence-corrected chi connectivity index (χ2v) is 8.97. The van der Waals surface area contributed by atoms with Crippen LogP contribution in [0.15, 0.2) is 4.79 Å². The fraction of sp³-hybridized carbons (Fsp3) is 0.632. The molecule has 2 aromatic heterocycles. The second kappa shape index (κ2) is 7.12. The van der Waals surface area contributed by atoms with Gasteiger partial charge in [0.1, 0.15) is 10.7 Å². The Morgan fingerprint density at radius 1 is 1.46 bits per heavy atom. The van der Waals surface area contributed by atoms with Gasteiger partial charge in [0.05, 0.1) is 17.4 Å². The molecule has 0 saturated carbocycles. The highest BCUT2D eigenvalue weighted by atomic mass is 32.1. The van der Waals surface area contributed by atoms with Gasteiger partial charge in [0.2, 0.25) is 0 Å². The highest BCUT2D eigenvalue weighted by molar-refractivity contribution is 7.18. The van der Waals surface area contributed by atoms with Gasteiger partial charge in [0, 0.05) is 25.0 Å². The van der Waals surface area contributed by atoms with Crippen LogP contribution in [-0.2, 0) is 35.3 Å². The van der Waals surface area contributed by atoms with E-state index in [2.05, 4.69) is 6.92 Å². The average Bonchev–Trinajstić information content (AvgIpc) is 2.92. The number of aromatic nitrogens is 2. The number of carboxylic acid groups (broad SMARTS) is 1. The van der Waals surface area contributed by atoms with E-state index >= 15 is 0 Å². The van der Waals surface area contributed by atoms with Crippen molar-refractivity contribution in [3.63, 3.8) is 0 Å². The van der Waals surface area contributed by atoms with E-state index in [-0.39, 0.29) is 12.1 Å². The summed E-state index contributed by atoms with van der Waals surface area (Å²) < 4.78 is 6.71. The van der Waals surface area contributed by atoms with Gasteiger partial charge in [-0.15, -0.1) is 11.3 Å². The lowest BCUT2D eigenvalue weighted by molar-refractivity contribution is -0.147. The fourth-order valence-electron chi connectivity index (χ4n) is 3.48. The molecule has 1 N–H and O–H groups in total. The maximum absolute atomic E-state index is 13.3. The molecule has 0 aromatic carbocycles. The van der Waals surface area contributed by atoms with E-state index in [1.54, 1.807) is 36.9 Å². The molecule has 0 amide bonds. The molecule has 7 heteroatoms. The van der Waals surface area contributed by atoms with Crippen molar-refractivity contribution in [3.05, 3.63) is 26.6 Å². The first-order valence-electron chi connectivity index (χ1n) is 9.01. The molecule has 1 aliphatic carbocycles. The molecule has 26 heavy (non-hydrogen) atoms. The van der Waals surface area contributed by atoms with Crippen LogP contribution in [-0.4, -0.2) is 34.3 Å². The van der Waals surface area contributed by atoms with Crippen LogP contribution in [0.3, 0.4) is 0 Å². The molecule has 0 fully saturated rings. The third-order valence-corrected chi connectivity index (χ3v) is 6.30. The smallest absolute Gasteiger partial charge is 0.310 e. The molecule has 0 aliphatic heterocycles. The minimum Gasteiger partial charge on any atom is -0.481 e. The molecule has 0 saturated heterocycles.